The van der Waals surface area contributed by atoms with Crippen LogP contribution in [-0.2, 0) is 6.42 Å². The van der Waals surface area contributed by atoms with Gasteiger partial charge in [0.2, 0.25) is 0 Å². The maximum absolute atomic E-state index is 6.20. The van der Waals surface area contributed by atoms with Crippen LogP contribution < -0.4 is 15.4 Å². The maximum atomic E-state index is 6.20. The van der Waals surface area contributed by atoms with Crippen molar-refractivity contribution in [1.29, 1.82) is 0 Å². The SMILES string of the molecule is COc1ccc2c(c1)N1CCCC(N)C1C2. The summed E-state index contributed by atoms with van der Waals surface area (Å²) < 4.78 is 5.29. The van der Waals surface area contributed by atoms with Crippen LogP contribution in [0.1, 0.15) is 18.4 Å². The van der Waals surface area contributed by atoms with Gasteiger partial charge in [0.05, 0.1) is 7.11 Å². The third-order valence-corrected chi connectivity index (χ3v) is 3.86. The van der Waals surface area contributed by atoms with Gasteiger partial charge in [-0.05, 0) is 30.9 Å². The lowest BCUT2D eigenvalue weighted by Crippen LogP contribution is -2.50. The number of rotatable bonds is 1. The topological polar surface area (TPSA) is 38.5 Å². The number of ether oxygens (including phenoxy) is 1. The number of fused-ring (bicyclic) bond motifs is 3. The number of methoxy groups -OCH3 is 1. The molecule has 1 saturated heterocycles. The molecule has 2 N–H and O–H groups in total. The fraction of sp³-hybridized carbons (Fsp3) is 0.538. The van der Waals surface area contributed by atoms with Gasteiger partial charge in [-0.2, -0.15) is 0 Å². The molecule has 2 aliphatic heterocycles. The van der Waals surface area contributed by atoms with Crippen LogP contribution in [0.15, 0.2) is 18.2 Å². The molecule has 2 heterocycles. The molecule has 86 valence electrons. The van der Waals surface area contributed by atoms with E-state index in [0.717, 1.165) is 25.1 Å². The Morgan fingerprint density at radius 2 is 2.31 bits per heavy atom. The highest BCUT2D eigenvalue weighted by molar-refractivity contribution is 5.63. The van der Waals surface area contributed by atoms with Gasteiger partial charge in [-0.1, -0.05) is 6.07 Å². The van der Waals surface area contributed by atoms with Crippen molar-refractivity contribution >= 4 is 5.69 Å². The number of benzene rings is 1. The van der Waals surface area contributed by atoms with Gasteiger partial charge in [-0.3, -0.25) is 0 Å². The number of piperidine rings is 1. The van der Waals surface area contributed by atoms with Crippen molar-refractivity contribution in [2.75, 3.05) is 18.6 Å². The summed E-state index contributed by atoms with van der Waals surface area (Å²) in [4.78, 5) is 2.46. The Kier molecular flexibility index (Phi) is 2.28. The molecule has 0 amide bonds. The Morgan fingerprint density at radius 3 is 3.12 bits per heavy atom. The number of nitrogens with zero attached hydrogens (tertiary/aromatic N) is 1. The second kappa shape index (κ2) is 3.67. The highest BCUT2D eigenvalue weighted by Gasteiger charge is 2.35. The standard InChI is InChI=1S/C13H18N2O/c1-16-10-5-4-9-7-13-11(14)3-2-6-15(13)12(9)8-10/h4-5,8,11,13H,2-3,6-7,14H2,1H3. The lowest BCUT2D eigenvalue weighted by atomic mass is 9.96. The van der Waals surface area contributed by atoms with E-state index in [1.54, 1.807) is 7.11 Å². The van der Waals surface area contributed by atoms with E-state index in [1.165, 1.54) is 17.7 Å². The molecule has 1 aromatic carbocycles. The second-order valence-corrected chi connectivity index (χ2v) is 4.77. The predicted octanol–water partition coefficient (Wildman–Crippen LogP) is 1.55. The van der Waals surface area contributed by atoms with Crippen LogP contribution in [0.25, 0.3) is 0 Å². The van der Waals surface area contributed by atoms with Gasteiger partial charge in [0.1, 0.15) is 5.75 Å². The van der Waals surface area contributed by atoms with Crippen molar-refractivity contribution in [2.45, 2.75) is 31.3 Å². The maximum Gasteiger partial charge on any atom is 0.120 e. The Balaban J connectivity index is 1.98. The minimum atomic E-state index is 0.326. The molecular formula is C13H18N2O. The largest absolute Gasteiger partial charge is 0.497 e. The number of hydrogen-bond acceptors (Lipinski definition) is 3. The second-order valence-electron chi connectivity index (χ2n) is 4.77. The first-order chi connectivity index (χ1) is 7.79. The normalized spacial score (nSPS) is 27.5. The van der Waals surface area contributed by atoms with Crippen LogP contribution in [0.4, 0.5) is 5.69 Å². The van der Waals surface area contributed by atoms with E-state index in [9.17, 15) is 0 Å². The molecule has 1 fully saturated rings. The van der Waals surface area contributed by atoms with E-state index in [-0.39, 0.29) is 0 Å². The highest BCUT2D eigenvalue weighted by atomic mass is 16.5. The van der Waals surface area contributed by atoms with Gasteiger partial charge in [0, 0.05) is 30.4 Å². The Labute approximate surface area is 96.2 Å². The van der Waals surface area contributed by atoms with Crippen molar-refractivity contribution in [3.63, 3.8) is 0 Å². The molecule has 0 bridgehead atoms. The number of hydrogen-bond donors (Lipinski definition) is 1. The van der Waals surface area contributed by atoms with Crippen LogP contribution in [0.5, 0.6) is 5.75 Å². The van der Waals surface area contributed by atoms with E-state index < -0.39 is 0 Å². The molecule has 0 saturated carbocycles. The summed E-state index contributed by atoms with van der Waals surface area (Å²) in [7, 11) is 1.72. The average Bonchev–Trinajstić information content (AvgIpc) is 2.68. The minimum absolute atomic E-state index is 0.326. The summed E-state index contributed by atoms with van der Waals surface area (Å²) in [5, 5.41) is 0. The summed E-state index contributed by atoms with van der Waals surface area (Å²) >= 11 is 0. The monoisotopic (exact) mass is 218 g/mol. The number of anilines is 1. The van der Waals surface area contributed by atoms with Gasteiger partial charge >= 0.3 is 0 Å². The molecule has 2 aliphatic rings. The molecule has 3 heteroatoms. The molecule has 1 aromatic rings. The van der Waals surface area contributed by atoms with Crippen molar-refractivity contribution in [1.82, 2.24) is 0 Å². The van der Waals surface area contributed by atoms with Crippen LogP contribution in [0, 0.1) is 0 Å². The Morgan fingerprint density at radius 1 is 1.44 bits per heavy atom. The van der Waals surface area contributed by atoms with Gasteiger partial charge in [0.15, 0.2) is 0 Å². The van der Waals surface area contributed by atoms with Crippen LogP contribution in [-0.4, -0.2) is 25.7 Å². The van der Waals surface area contributed by atoms with Crippen molar-refractivity contribution in [3.05, 3.63) is 23.8 Å². The Bertz CT molecular complexity index is 405. The summed E-state index contributed by atoms with van der Waals surface area (Å²) in [6.07, 6.45) is 3.46. The average molecular weight is 218 g/mol. The third-order valence-electron chi connectivity index (χ3n) is 3.86. The fourth-order valence-electron chi connectivity index (χ4n) is 2.98. The minimum Gasteiger partial charge on any atom is -0.497 e. The molecule has 16 heavy (non-hydrogen) atoms. The van der Waals surface area contributed by atoms with Crippen LogP contribution >= 0.6 is 0 Å². The number of nitrogens with two attached hydrogens (primary N) is 1. The van der Waals surface area contributed by atoms with Gasteiger partial charge in [-0.25, -0.2) is 0 Å². The molecule has 0 spiro atoms. The zero-order valence-electron chi connectivity index (χ0n) is 9.65. The van der Waals surface area contributed by atoms with E-state index in [2.05, 4.69) is 17.0 Å². The van der Waals surface area contributed by atoms with E-state index in [4.69, 9.17) is 10.5 Å². The zero-order valence-corrected chi connectivity index (χ0v) is 9.65. The smallest absolute Gasteiger partial charge is 0.120 e. The van der Waals surface area contributed by atoms with Gasteiger partial charge in [0.25, 0.3) is 0 Å². The lowest BCUT2D eigenvalue weighted by Gasteiger charge is -2.36. The zero-order chi connectivity index (χ0) is 11.1. The first-order valence-electron chi connectivity index (χ1n) is 5.99. The van der Waals surface area contributed by atoms with E-state index >= 15 is 0 Å². The Hall–Kier alpha value is -1.22. The fourth-order valence-corrected chi connectivity index (χ4v) is 2.98. The summed E-state index contributed by atoms with van der Waals surface area (Å²) in [5.41, 5.74) is 8.95. The molecule has 3 nitrogen and oxygen atoms in total. The summed E-state index contributed by atoms with van der Waals surface area (Å²) in [5.74, 6) is 0.943. The summed E-state index contributed by atoms with van der Waals surface area (Å²) in [6, 6.07) is 7.21. The van der Waals surface area contributed by atoms with Crippen molar-refractivity contribution in [3.8, 4) is 5.75 Å². The molecule has 0 radical (unpaired) electrons. The first-order valence-corrected chi connectivity index (χ1v) is 5.99. The molecule has 2 unspecified atom stereocenters. The predicted molar refractivity (Wildman–Crippen MR) is 65.0 cm³/mol. The highest BCUT2D eigenvalue weighted by Crippen LogP contribution is 2.38. The molecule has 2 atom stereocenters. The van der Waals surface area contributed by atoms with Crippen LogP contribution in [0.2, 0.25) is 0 Å². The van der Waals surface area contributed by atoms with Crippen molar-refractivity contribution < 1.29 is 4.74 Å². The quantitative estimate of drug-likeness (QED) is 0.777. The summed E-state index contributed by atoms with van der Waals surface area (Å²) in [6.45, 7) is 1.14. The third kappa shape index (κ3) is 1.39. The van der Waals surface area contributed by atoms with E-state index in [0.29, 0.717) is 12.1 Å². The van der Waals surface area contributed by atoms with Crippen LogP contribution in [0.3, 0.4) is 0 Å². The van der Waals surface area contributed by atoms with Crippen molar-refractivity contribution in [2.24, 2.45) is 5.73 Å². The molecular weight excluding hydrogens is 200 g/mol. The molecule has 3 rings (SSSR count). The lowest BCUT2D eigenvalue weighted by molar-refractivity contribution is 0.410. The van der Waals surface area contributed by atoms with Gasteiger partial charge < -0.3 is 15.4 Å². The van der Waals surface area contributed by atoms with E-state index in [1.807, 2.05) is 6.07 Å². The van der Waals surface area contributed by atoms with Gasteiger partial charge in [-0.15, -0.1) is 0 Å². The molecule has 0 aromatic heterocycles. The first kappa shape index (κ1) is 9.97. The molecule has 0 aliphatic carbocycles.